The molecule has 1 N–H and O–H groups in total. The van der Waals surface area contributed by atoms with E-state index >= 15 is 0 Å². The topological polar surface area (TPSA) is 20.2 Å². The first-order chi connectivity index (χ1) is 3.12. The summed E-state index contributed by atoms with van der Waals surface area (Å²) in [6.07, 6.45) is 1.73. The van der Waals surface area contributed by atoms with Crippen molar-refractivity contribution in [2.24, 2.45) is 0 Å². The Morgan fingerprint density at radius 1 is 2.00 bits per heavy atom. The lowest BCUT2D eigenvalue weighted by molar-refractivity contribution is 0.282. The van der Waals surface area contributed by atoms with Crippen LogP contribution in [0.15, 0.2) is 12.7 Å². The first-order valence-electron chi connectivity index (χ1n) is 2.06. The van der Waals surface area contributed by atoms with Gasteiger partial charge in [0.1, 0.15) is 0 Å². The Morgan fingerprint density at radius 2 is 2.43 bits per heavy atom. The molecule has 0 rings (SSSR count). The average molecular weight is 212 g/mol. The molecule has 1 unspecified atom stereocenters. The van der Waals surface area contributed by atoms with E-state index in [2.05, 4.69) is 29.2 Å². The summed E-state index contributed by atoms with van der Waals surface area (Å²) < 4.78 is -0.127. The number of halogens is 1. The summed E-state index contributed by atoms with van der Waals surface area (Å²) in [6, 6.07) is 0. The molecule has 1 nitrogen and oxygen atoms in total. The normalized spacial score (nSPS) is 18.1. The summed E-state index contributed by atoms with van der Waals surface area (Å²) in [6.45, 7) is 5.62. The van der Waals surface area contributed by atoms with Gasteiger partial charge >= 0.3 is 0 Å². The lowest BCUT2D eigenvalue weighted by Crippen LogP contribution is -2.15. The summed E-state index contributed by atoms with van der Waals surface area (Å²) in [5.41, 5.74) is 0. The van der Waals surface area contributed by atoms with Crippen molar-refractivity contribution in [2.75, 3.05) is 6.61 Å². The maximum Gasteiger partial charge on any atom is 0.0609 e. The van der Waals surface area contributed by atoms with E-state index in [1.54, 1.807) is 6.08 Å². The Kier molecular flexibility index (Phi) is 2.83. The van der Waals surface area contributed by atoms with Gasteiger partial charge in [0.25, 0.3) is 0 Å². The third-order valence-corrected chi connectivity index (χ3v) is 1.52. The van der Waals surface area contributed by atoms with Crippen LogP contribution < -0.4 is 0 Å². The predicted octanol–water partition coefficient (Wildman–Crippen LogP) is 1.36. The minimum atomic E-state index is -0.127. The molecule has 1 atom stereocenters. The molecular weight excluding hydrogens is 203 g/mol. The monoisotopic (exact) mass is 212 g/mol. The van der Waals surface area contributed by atoms with E-state index in [0.29, 0.717) is 0 Å². The highest BCUT2D eigenvalue weighted by molar-refractivity contribution is 14.1. The van der Waals surface area contributed by atoms with E-state index in [9.17, 15) is 0 Å². The van der Waals surface area contributed by atoms with Crippen molar-refractivity contribution < 1.29 is 5.11 Å². The average Bonchev–Trinajstić information content (AvgIpc) is 1.68. The molecule has 0 aromatic heterocycles. The lowest BCUT2D eigenvalue weighted by atomic mass is 10.2. The van der Waals surface area contributed by atoms with Gasteiger partial charge in [0.2, 0.25) is 0 Å². The van der Waals surface area contributed by atoms with Gasteiger partial charge in [-0.1, -0.05) is 28.7 Å². The second-order valence-electron chi connectivity index (χ2n) is 1.64. The van der Waals surface area contributed by atoms with Crippen LogP contribution in [0.3, 0.4) is 0 Å². The van der Waals surface area contributed by atoms with Crippen LogP contribution >= 0.6 is 22.6 Å². The zero-order chi connectivity index (χ0) is 5.91. The first kappa shape index (κ1) is 7.43. The summed E-state index contributed by atoms with van der Waals surface area (Å²) in [5.74, 6) is 0. The highest BCUT2D eigenvalue weighted by Gasteiger charge is 2.11. The van der Waals surface area contributed by atoms with E-state index < -0.39 is 0 Å². The maximum absolute atomic E-state index is 8.52. The second kappa shape index (κ2) is 2.67. The smallest absolute Gasteiger partial charge is 0.0609 e. The van der Waals surface area contributed by atoms with Crippen molar-refractivity contribution in [2.45, 2.75) is 10.3 Å². The minimum absolute atomic E-state index is 0.127. The van der Waals surface area contributed by atoms with Gasteiger partial charge in [0.05, 0.1) is 10.0 Å². The number of aliphatic hydroxyl groups is 1. The fourth-order valence-corrected chi connectivity index (χ4v) is 0.0645. The quantitative estimate of drug-likeness (QED) is 0.416. The molecule has 0 aromatic carbocycles. The molecule has 0 amide bonds. The van der Waals surface area contributed by atoms with Crippen molar-refractivity contribution >= 4 is 22.6 Å². The Bertz CT molecular complexity index is 68.5. The number of aliphatic hydroxyl groups excluding tert-OH is 1. The van der Waals surface area contributed by atoms with Gasteiger partial charge in [0, 0.05) is 0 Å². The van der Waals surface area contributed by atoms with Crippen LogP contribution in [0.1, 0.15) is 6.92 Å². The maximum atomic E-state index is 8.52. The molecule has 0 saturated carbocycles. The van der Waals surface area contributed by atoms with E-state index in [0.717, 1.165) is 0 Å². The summed E-state index contributed by atoms with van der Waals surface area (Å²) in [4.78, 5) is 0. The number of hydrogen-bond acceptors (Lipinski definition) is 1. The molecule has 0 fully saturated rings. The van der Waals surface area contributed by atoms with Gasteiger partial charge < -0.3 is 5.11 Å². The van der Waals surface area contributed by atoms with Gasteiger partial charge in [-0.3, -0.25) is 0 Å². The van der Waals surface area contributed by atoms with Crippen LogP contribution in [-0.2, 0) is 0 Å². The first-order valence-corrected chi connectivity index (χ1v) is 3.13. The Morgan fingerprint density at radius 3 is 2.43 bits per heavy atom. The predicted molar refractivity (Wildman–Crippen MR) is 39.7 cm³/mol. The molecule has 42 valence electrons. The zero-order valence-corrected chi connectivity index (χ0v) is 6.47. The summed E-state index contributed by atoms with van der Waals surface area (Å²) in [7, 11) is 0. The van der Waals surface area contributed by atoms with Gasteiger partial charge in [0.15, 0.2) is 0 Å². The fraction of sp³-hybridized carbons (Fsp3) is 0.600. The second-order valence-corrected chi connectivity index (χ2v) is 4.10. The largest absolute Gasteiger partial charge is 0.395 e. The molecule has 0 saturated heterocycles. The van der Waals surface area contributed by atoms with Gasteiger partial charge in [-0.05, 0) is 6.92 Å². The SMILES string of the molecule is C=CC(C)(I)CO. The lowest BCUT2D eigenvalue weighted by Gasteiger charge is -2.11. The van der Waals surface area contributed by atoms with E-state index in [1.165, 1.54) is 0 Å². The molecule has 0 radical (unpaired) electrons. The van der Waals surface area contributed by atoms with Crippen LogP contribution in [0.4, 0.5) is 0 Å². The molecule has 0 heterocycles. The van der Waals surface area contributed by atoms with E-state index in [-0.39, 0.29) is 10.0 Å². The number of alkyl halides is 1. The highest BCUT2D eigenvalue weighted by Crippen LogP contribution is 2.16. The fourth-order valence-electron chi connectivity index (χ4n) is 0.0645. The van der Waals surface area contributed by atoms with Crippen LogP contribution in [-0.4, -0.2) is 15.1 Å². The molecule has 0 bridgehead atoms. The molecule has 7 heavy (non-hydrogen) atoms. The molecule has 0 aliphatic carbocycles. The van der Waals surface area contributed by atoms with Gasteiger partial charge in [-0.25, -0.2) is 0 Å². The van der Waals surface area contributed by atoms with Crippen LogP contribution in [0.25, 0.3) is 0 Å². The molecule has 0 aliphatic rings. The van der Waals surface area contributed by atoms with Crippen molar-refractivity contribution in [3.05, 3.63) is 12.7 Å². The van der Waals surface area contributed by atoms with Gasteiger partial charge in [-0.2, -0.15) is 0 Å². The highest BCUT2D eigenvalue weighted by atomic mass is 127. The van der Waals surface area contributed by atoms with E-state index in [1.807, 2.05) is 6.92 Å². The third kappa shape index (κ3) is 3.05. The Balaban J connectivity index is 3.58. The van der Waals surface area contributed by atoms with E-state index in [4.69, 9.17) is 5.11 Å². The van der Waals surface area contributed by atoms with Crippen molar-refractivity contribution in [1.82, 2.24) is 0 Å². The summed E-state index contributed by atoms with van der Waals surface area (Å²) in [5, 5.41) is 8.52. The van der Waals surface area contributed by atoms with Crippen molar-refractivity contribution in [3.63, 3.8) is 0 Å². The molecule has 2 heteroatoms. The molecular formula is C5H9IO. The zero-order valence-electron chi connectivity index (χ0n) is 4.32. The Hall–Kier alpha value is 0.430. The standard InChI is InChI=1S/C5H9IO/c1-3-5(2,6)4-7/h3,7H,1,4H2,2H3. The molecule has 0 aliphatic heterocycles. The van der Waals surface area contributed by atoms with Crippen LogP contribution in [0.2, 0.25) is 0 Å². The number of rotatable bonds is 2. The van der Waals surface area contributed by atoms with Gasteiger partial charge in [-0.15, -0.1) is 6.58 Å². The Labute approximate surface area is 57.6 Å². The molecule has 0 spiro atoms. The third-order valence-electron chi connectivity index (χ3n) is 0.735. The number of hydrogen-bond donors (Lipinski definition) is 1. The van der Waals surface area contributed by atoms with Crippen LogP contribution in [0.5, 0.6) is 0 Å². The summed E-state index contributed by atoms with van der Waals surface area (Å²) >= 11 is 2.14. The molecule has 0 aromatic rings. The van der Waals surface area contributed by atoms with Crippen LogP contribution in [0, 0.1) is 0 Å². The van der Waals surface area contributed by atoms with Crippen molar-refractivity contribution in [3.8, 4) is 0 Å². The van der Waals surface area contributed by atoms with Crippen molar-refractivity contribution in [1.29, 1.82) is 0 Å². The minimum Gasteiger partial charge on any atom is -0.395 e.